The minimum atomic E-state index is 0.0124. The molecule has 0 spiro atoms. The molecule has 4 rings (SSSR count). The molecule has 0 aromatic carbocycles. The van der Waals surface area contributed by atoms with Crippen molar-refractivity contribution in [2.75, 3.05) is 0 Å². The van der Waals surface area contributed by atoms with Crippen LogP contribution in [0, 0.1) is 0 Å². The van der Waals surface area contributed by atoms with Crippen molar-refractivity contribution < 1.29 is 4.79 Å². The van der Waals surface area contributed by atoms with Crippen LogP contribution in [0.2, 0.25) is 0 Å². The minimum Gasteiger partial charge on any atom is -0.331 e. The zero-order chi connectivity index (χ0) is 16.9. The SMILES string of the molecule is CC(C)(C)c1cn(C2CC3CCC(C2)N3C(=O)c2cscn2)nn1. The van der Waals surface area contributed by atoms with Crippen LogP contribution in [0.25, 0.3) is 0 Å². The number of carbonyl (C=O) groups is 1. The van der Waals surface area contributed by atoms with E-state index in [4.69, 9.17) is 0 Å². The third kappa shape index (κ3) is 2.64. The molecule has 2 atom stereocenters. The van der Waals surface area contributed by atoms with E-state index in [2.05, 4.69) is 47.2 Å². The molecule has 7 heteroatoms. The zero-order valence-electron chi connectivity index (χ0n) is 14.3. The Bertz CT molecular complexity index is 718. The van der Waals surface area contributed by atoms with Crippen LogP contribution in [0.15, 0.2) is 17.1 Å². The first kappa shape index (κ1) is 15.7. The van der Waals surface area contributed by atoms with Gasteiger partial charge in [-0.15, -0.1) is 16.4 Å². The third-order valence-electron chi connectivity index (χ3n) is 5.25. The van der Waals surface area contributed by atoms with Crippen LogP contribution in [0.3, 0.4) is 0 Å². The molecule has 2 unspecified atom stereocenters. The minimum absolute atomic E-state index is 0.0124. The molecular weight excluding hydrogens is 322 g/mol. The molecule has 2 aromatic rings. The molecule has 0 N–H and O–H groups in total. The van der Waals surface area contributed by atoms with Gasteiger partial charge in [-0.3, -0.25) is 4.79 Å². The molecule has 2 fully saturated rings. The lowest BCUT2D eigenvalue weighted by Crippen LogP contribution is -2.47. The van der Waals surface area contributed by atoms with Crippen molar-refractivity contribution >= 4 is 17.2 Å². The summed E-state index contributed by atoms with van der Waals surface area (Å²) in [6, 6.07) is 0.932. The van der Waals surface area contributed by atoms with Crippen molar-refractivity contribution in [3.8, 4) is 0 Å². The number of aromatic nitrogens is 4. The van der Waals surface area contributed by atoms with Crippen LogP contribution in [-0.2, 0) is 5.41 Å². The Morgan fingerprint density at radius 3 is 2.46 bits per heavy atom. The van der Waals surface area contributed by atoms with E-state index in [9.17, 15) is 4.79 Å². The highest BCUT2D eigenvalue weighted by atomic mass is 32.1. The van der Waals surface area contributed by atoms with Crippen molar-refractivity contribution in [2.45, 2.75) is 70.0 Å². The first-order valence-electron chi connectivity index (χ1n) is 8.56. The van der Waals surface area contributed by atoms with Crippen molar-refractivity contribution in [1.29, 1.82) is 0 Å². The van der Waals surface area contributed by atoms with Crippen molar-refractivity contribution in [3.05, 3.63) is 28.5 Å². The van der Waals surface area contributed by atoms with Gasteiger partial charge in [-0.2, -0.15) is 0 Å². The average Bonchev–Trinajstić information content (AvgIpc) is 3.25. The summed E-state index contributed by atoms with van der Waals surface area (Å²) < 4.78 is 2.02. The van der Waals surface area contributed by atoms with Crippen LogP contribution in [0.5, 0.6) is 0 Å². The van der Waals surface area contributed by atoms with Gasteiger partial charge < -0.3 is 4.90 Å². The maximum Gasteiger partial charge on any atom is 0.273 e. The fourth-order valence-corrected chi connectivity index (χ4v) is 4.47. The molecular formula is C17H23N5OS. The Balaban J connectivity index is 1.52. The molecule has 0 radical (unpaired) electrons. The Morgan fingerprint density at radius 2 is 1.92 bits per heavy atom. The molecule has 2 aliphatic rings. The van der Waals surface area contributed by atoms with Crippen LogP contribution >= 0.6 is 11.3 Å². The molecule has 6 nitrogen and oxygen atoms in total. The third-order valence-corrected chi connectivity index (χ3v) is 5.83. The number of hydrogen-bond acceptors (Lipinski definition) is 5. The predicted octanol–water partition coefficient (Wildman–Crippen LogP) is 3.04. The first-order chi connectivity index (χ1) is 11.4. The van der Waals surface area contributed by atoms with Crippen molar-refractivity contribution in [2.24, 2.45) is 0 Å². The van der Waals surface area contributed by atoms with E-state index in [-0.39, 0.29) is 11.3 Å². The summed E-state index contributed by atoms with van der Waals surface area (Å²) in [5.41, 5.74) is 3.35. The molecule has 1 amide bonds. The fourth-order valence-electron chi connectivity index (χ4n) is 3.95. The number of rotatable bonds is 2. The van der Waals surface area contributed by atoms with Gasteiger partial charge in [-0.05, 0) is 25.7 Å². The van der Waals surface area contributed by atoms with E-state index in [1.807, 2.05) is 10.1 Å². The topological polar surface area (TPSA) is 63.9 Å². The Morgan fingerprint density at radius 1 is 1.21 bits per heavy atom. The number of nitrogens with zero attached hydrogens (tertiary/aromatic N) is 5. The molecule has 4 heterocycles. The van der Waals surface area contributed by atoms with Crippen LogP contribution in [0.1, 0.15) is 68.7 Å². The summed E-state index contributed by atoms with van der Waals surface area (Å²) in [4.78, 5) is 19.0. The van der Waals surface area contributed by atoms with Crippen molar-refractivity contribution in [3.63, 3.8) is 0 Å². The fraction of sp³-hybridized carbons (Fsp3) is 0.647. The Hall–Kier alpha value is -1.76. The summed E-state index contributed by atoms with van der Waals surface area (Å²) in [6.07, 6.45) is 6.16. The summed E-state index contributed by atoms with van der Waals surface area (Å²) >= 11 is 1.48. The Labute approximate surface area is 145 Å². The number of thiazole rings is 1. The van der Waals surface area contributed by atoms with Crippen LogP contribution < -0.4 is 0 Å². The molecule has 0 saturated carbocycles. The second-order valence-electron chi connectivity index (χ2n) is 7.93. The molecule has 2 bridgehead atoms. The second-order valence-corrected chi connectivity index (χ2v) is 8.65. The van der Waals surface area contributed by atoms with E-state index < -0.39 is 0 Å². The first-order valence-corrected chi connectivity index (χ1v) is 9.51. The van der Waals surface area contributed by atoms with Crippen LogP contribution in [-0.4, -0.2) is 42.9 Å². The number of piperidine rings is 1. The van der Waals surface area contributed by atoms with E-state index in [0.29, 0.717) is 23.8 Å². The van der Waals surface area contributed by atoms with Gasteiger partial charge in [0, 0.05) is 29.1 Å². The summed E-state index contributed by atoms with van der Waals surface area (Å²) in [5.74, 6) is 0.0937. The van der Waals surface area contributed by atoms with Gasteiger partial charge in [0.15, 0.2) is 0 Å². The van der Waals surface area contributed by atoms with Crippen LogP contribution in [0.4, 0.5) is 0 Å². The van der Waals surface area contributed by atoms with Crippen molar-refractivity contribution in [1.82, 2.24) is 24.9 Å². The lowest BCUT2D eigenvalue weighted by molar-refractivity contribution is 0.0517. The standard InChI is InChI=1S/C17H23N5OS/c1-17(2,3)15-8-21(20-19-15)13-6-11-4-5-12(7-13)22(11)16(23)14-9-24-10-18-14/h8-13H,4-7H2,1-3H3. The number of amides is 1. The van der Waals surface area contributed by atoms with Gasteiger partial charge in [0.1, 0.15) is 5.69 Å². The molecule has 2 saturated heterocycles. The summed E-state index contributed by atoms with van der Waals surface area (Å²) in [7, 11) is 0. The summed E-state index contributed by atoms with van der Waals surface area (Å²) in [6.45, 7) is 6.46. The maximum atomic E-state index is 12.7. The van der Waals surface area contributed by atoms with Gasteiger partial charge in [0.2, 0.25) is 0 Å². The second kappa shape index (κ2) is 5.65. The largest absolute Gasteiger partial charge is 0.331 e. The highest BCUT2D eigenvalue weighted by Crippen LogP contribution is 2.41. The van der Waals surface area contributed by atoms with E-state index in [1.165, 1.54) is 11.3 Å². The normalized spacial score (nSPS) is 26.8. The van der Waals surface area contributed by atoms with Gasteiger partial charge in [0.05, 0.1) is 17.2 Å². The van der Waals surface area contributed by atoms with Gasteiger partial charge in [-0.25, -0.2) is 9.67 Å². The number of hydrogen-bond donors (Lipinski definition) is 0. The monoisotopic (exact) mass is 345 g/mol. The molecule has 0 aliphatic carbocycles. The van der Waals surface area contributed by atoms with Gasteiger partial charge in [-0.1, -0.05) is 26.0 Å². The van der Waals surface area contributed by atoms with E-state index >= 15 is 0 Å². The maximum absolute atomic E-state index is 12.7. The Kier molecular flexibility index (Phi) is 3.71. The molecule has 2 aromatic heterocycles. The van der Waals surface area contributed by atoms with Gasteiger partial charge >= 0.3 is 0 Å². The lowest BCUT2D eigenvalue weighted by Gasteiger charge is -2.38. The average molecular weight is 345 g/mol. The van der Waals surface area contributed by atoms with Gasteiger partial charge in [0.25, 0.3) is 5.91 Å². The lowest BCUT2D eigenvalue weighted by atomic mass is 9.93. The summed E-state index contributed by atoms with van der Waals surface area (Å²) in [5, 5.41) is 10.6. The van der Waals surface area contributed by atoms with E-state index in [0.717, 1.165) is 31.4 Å². The molecule has 24 heavy (non-hydrogen) atoms. The number of carbonyl (C=O) groups excluding carboxylic acids is 1. The zero-order valence-corrected chi connectivity index (χ0v) is 15.2. The van der Waals surface area contributed by atoms with E-state index in [1.54, 1.807) is 5.51 Å². The quantitative estimate of drug-likeness (QED) is 0.839. The smallest absolute Gasteiger partial charge is 0.273 e. The highest BCUT2D eigenvalue weighted by Gasteiger charge is 2.44. The molecule has 128 valence electrons. The molecule has 2 aliphatic heterocycles. The predicted molar refractivity (Wildman–Crippen MR) is 92.1 cm³/mol. The number of fused-ring (bicyclic) bond motifs is 2. The highest BCUT2D eigenvalue weighted by molar-refractivity contribution is 7.07.